The van der Waals surface area contributed by atoms with Crippen LogP contribution in [0.25, 0.3) is 10.8 Å². The van der Waals surface area contributed by atoms with Crippen LogP contribution in [0.15, 0.2) is 12.1 Å². The Kier molecular flexibility index (Phi) is 19.1. The Balaban J connectivity index is 1.06. The van der Waals surface area contributed by atoms with Crippen LogP contribution < -0.4 is 4.74 Å². The van der Waals surface area contributed by atoms with E-state index in [9.17, 15) is 60.7 Å². The number of hydrogen-bond donors (Lipinski definition) is 10. The van der Waals surface area contributed by atoms with Crippen molar-refractivity contribution >= 4 is 28.3 Å². The van der Waals surface area contributed by atoms with Crippen LogP contribution in [0.5, 0.6) is 17.2 Å². The SMILES string of the molecule is CO[C@H](C(=O)[C@@H](O)[C@@H](C)OC(C)=O)[C@@H]1Cc2cc3cc(O[C@H]4C[C@@H](O[C@H]5C[C@@H](O)[C@H](O)[C@@H](C)O5)[C@H](O)[C@@H](C)O4)c(C)c(O)c3c(O)c2C(=O)[C@H]1O[C@H]1C[C@@H](O[C@H]2C[C@@H](O[C@H]3C[C@](C)(O)[C@H](O)[C@@H](C)O3)[C@@H](O)[C@@H](C)O2)[C@H](O)[C@@H](C)O1. The van der Waals surface area contributed by atoms with Gasteiger partial charge in [-0.15, -0.1) is 0 Å². The number of hydrogen-bond acceptors (Lipinski definition) is 25. The molecule has 25 heteroatoms. The van der Waals surface area contributed by atoms with Crippen molar-refractivity contribution in [3.8, 4) is 17.2 Å². The molecule has 25 nitrogen and oxygen atoms in total. The largest absolute Gasteiger partial charge is 0.507 e. The number of aromatic hydroxyl groups is 2. The second-order valence-electron chi connectivity index (χ2n) is 22.3. The van der Waals surface area contributed by atoms with Crippen LogP contribution in [-0.2, 0) is 68.1 Å². The number of fused-ring (bicyclic) bond motifs is 2. The lowest BCUT2D eigenvalue weighted by Gasteiger charge is -2.46. The molecule has 0 bridgehead atoms. The zero-order chi connectivity index (χ0) is 57.8. The number of ketones is 2. The Morgan fingerprint density at radius 3 is 1.72 bits per heavy atom. The zero-order valence-corrected chi connectivity index (χ0v) is 45.8. The van der Waals surface area contributed by atoms with Gasteiger partial charge in [0.2, 0.25) is 6.29 Å². The normalized spacial score (nSPS) is 41.2. The summed E-state index contributed by atoms with van der Waals surface area (Å²) < 4.78 is 71.9. The molecule has 5 fully saturated rings. The maximum Gasteiger partial charge on any atom is 0.302 e. The summed E-state index contributed by atoms with van der Waals surface area (Å²) in [5.41, 5.74) is -1.53. The van der Waals surface area contributed by atoms with E-state index in [1.165, 1.54) is 46.9 Å². The number of Topliss-reactive ketones (excluding diaryl/α,β-unsaturated/α-hetero) is 2. The van der Waals surface area contributed by atoms with Gasteiger partial charge in [-0.2, -0.15) is 0 Å². The number of phenols is 2. The number of aliphatic hydroxyl groups is 8. The van der Waals surface area contributed by atoms with Crippen molar-refractivity contribution in [3.63, 3.8) is 0 Å². The lowest BCUT2D eigenvalue weighted by molar-refractivity contribution is -0.334. The first-order chi connectivity index (χ1) is 37.1. The van der Waals surface area contributed by atoms with E-state index >= 15 is 4.79 Å². The van der Waals surface area contributed by atoms with E-state index in [0.717, 1.165) is 6.92 Å². The molecule has 5 heterocycles. The van der Waals surface area contributed by atoms with Crippen LogP contribution in [0.4, 0.5) is 0 Å². The Bertz CT molecular complexity index is 2480. The van der Waals surface area contributed by atoms with Gasteiger partial charge in [0, 0.05) is 57.6 Å². The van der Waals surface area contributed by atoms with Gasteiger partial charge in [0.25, 0.3) is 0 Å². The summed E-state index contributed by atoms with van der Waals surface area (Å²) in [4.78, 5) is 41.3. The minimum atomic E-state index is -1.94. The van der Waals surface area contributed by atoms with Crippen LogP contribution >= 0.6 is 0 Å². The summed E-state index contributed by atoms with van der Waals surface area (Å²) >= 11 is 0. The molecule has 0 radical (unpaired) electrons. The average molecular weight is 1130 g/mol. The third kappa shape index (κ3) is 12.9. The maximum absolute atomic E-state index is 15.1. The van der Waals surface area contributed by atoms with E-state index in [4.69, 9.17) is 56.8 Å². The van der Waals surface area contributed by atoms with Crippen LogP contribution in [-0.4, -0.2) is 223 Å². The third-order valence-corrected chi connectivity index (χ3v) is 16.2. The molecule has 444 valence electrons. The Morgan fingerprint density at radius 2 is 1.19 bits per heavy atom. The first-order valence-electron chi connectivity index (χ1n) is 26.9. The topological polar surface area (TPSA) is 364 Å². The molecule has 5 aliphatic heterocycles. The van der Waals surface area contributed by atoms with Gasteiger partial charge < -0.3 is 108 Å². The molecule has 0 aromatic heterocycles. The quantitative estimate of drug-likeness (QED) is 0.101. The fourth-order valence-corrected chi connectivity index (χ4v) is 11.7. The lowest BCUT2D eigenvalue weighted by Crippen LogP contribution is -2.58. The van der Waals surface area contributed by atoms with Crippen LogP contribution in [0.2, 0.25) is 0 Å². The van der Waals surface area contributed by atoms with E-state index < -0.39 is 182 Å². The molecule has 0 spiro atoms. The van der Waals surface area contributed by atoms with E-state index in [1.54, 1.807) is 27.7 Å². The number of carbonyl (C=O) groups is 3. The first kappa shape index (κ1) is 61.3. The summed E-state index contributed by atoms with van der Waals surface area (Å²) in [7, 11) is 1.18. The van der Waals surface area contributed by atoms with Crippen LogP contribution in [0.1, 0.15) is 109 Å². The van der Waals surface area contributed by atoms with Crippen molar-refractivity contribution in [2.75, 3.05) is 7.11 Å². The zero-order valence-electron chi connectivity index (χ0n) is 45.8. The number of phenolic OH excluding ortho intramolecular Hbond substituents is 2. The molecular formula is C54H78O25. The summed E-state index contributed by atoms with van der Waals surface area (Å²) in [5, 5.41) is 111. The van der Waals surface area contributed by atoms with Gasteiger partial charge in [-0.3, -0.25) is 14.4 Å². The molecule has 10 N–H and O–H groups in total. The third-order valence-electron chi connectivity index (χ3n) is 16.2. The Morgan fingerprint density at radius 1 is 0.696 bits per heavy atom. The highest BCUT2D eigenvalue weighted by Gasteiger charge is 2.52. The standard InChI is InChI=1S/C54H78O25/c1-19-31(75-36-15-32(44(59)21(3)71-36)76-35-14-30(56)43(58)20(2)70-35)13-28-11-27-12-29(51(68-10)50(65)47(62)24(6)69-26(8)55)52(49(64)41(27)48(63)40(28)42(19)57)79-38-17-33(45(60)23(5)73-38)77-37-16-34(46(61)22(4)72-37)78-39-18-54(9,67)53(66)25(7)74-39/h11,13,20-25,29-30,32-39,43-47,51-53,56-63,66-67H,12,14-18H2,1-10H3/t20-,21-,22-,23-,24-,25-,29+,30-,32-,33-,34-,35+,36+,37+,38+,39+,43-,44-,45-,46+,47+,51+,52+,53-,54+/m1/s1. The van der Waals surface area contributed by atoms with Crippen molar-refractivity contribution in [1.29, 1.82) is 0 Å². The number of ether oxygens (including phenoxy) is 12. The number of methoxy groups -OCH3 is 1. The summed E-state index contributed by atoms with van der Waals surface area (Å²) in [6.07, 6.45) is -27.2. The van der Waals surface area contributed by atoms with Crippen LogP contribution in [0, 0.1) is 12.8 Å². The van der Waals surface area contributed by atoms with Gasteiger partial charge in [0.1, 0.15) is 66.1 Å². The van der Waals surface area contributed by atoms with Crippen molar-refractivity contribution in [1.82, 2.24) is 0 Å². The predicted molar refractivity (Wildman–Crippen MR) is 268 cm³/mol. The molecule has 79 heavy (non-hydrogen) atoms. The fraction of sp³-hybridized carbons (Fsp3) is 0.759. The smallest absolute Gasteiger partial charge is 0.302 e. The maximum atomic E-state index is 15.1. The Labute approximate surface area is 456 Å². The van der Waals surface area contributed by atoms with Crippen molar-refractivity contribution in [3.05, 3.63) is 28.8 Å². The summed E-state index contributed by atoms with van der Waals surface area (Å²) in [5.74, 6) is -4.94. The monoisotopic (exact) mass is 1130 g/mol. The predicted octanol–water partition coefficient (Wildman–Crippen LogP) is 0.322. The van der Waals surface area contributed by atoms with Crippen molar-refractivity contribution < 1.29 is 122 Å². The minimum Gasteiger partial charge on any atom is -0.507 e. The minimum absolute atomic E-state index is 0.0468. The van der Waals surface area contributed by atoms with Crippen molar-refractivity contribution in [2.24, 2.45) is 5.92 Å². The van der Waals surface area contributed by atoms with Crippen LogP contribution in [0.3, 0.4) is 0 Å². The second kappa shape index (κ2) is 24.6. The highest BCUT2D eigenvalue weighted by Crippen LogP contribution is 2.48. The highest BCUT2D eigenvalue weighted by molar-refractivity contribution is 6.11. The number of aliphatic hydroxyl groups excluding tert-OH is 7. The second-order valence-corrected chi connectivity index (χ2v) is 22.3. The lowest BCUT2D eigenvalue weighted by atomic mass is 9.75. The van der Waals surface area contributed by atoms with Gasteiger partial charge in [-0.1, -0.05) is 0 Å². The van der Waals surface area contributed by atoms with E-state index in [2.05, 4.69) is 0 Å². The van der Waals surface area contributed by atoms with Crippen molar-refractivity contribution in [2.45, 2.75) is 248 Å². The van der Waals surface area contributed by atoms with E-state index in [1.807, 2.05) is 0 Å². The Hall–Kier alpha value is -3.81. The number of benzene rings is 2. The van der Waals surface area contributed by atoms with Gasteiger partial charge in [0.05, 0.1) is 71.5 Å². The number of rotatable bonds is 16. The van der Waals surface area contributed by atoms with Gasteiger partial charge in [-0.25, -0.2) is 0 Å². The molecule has 0 unspecified atom stereocenters. The summed E-state index contributed by atoms with van der Waals surface area (Å²) in [6, 6.07) is 3.02. The van der Waals surface area contributed by atoms with E-state index in [-0.39, 0.29) is 71.7 Å². The molecule has 0 saturated carbocycles. The van der Waals surface area contributed by atoms with E-state index in [0.29, 0.717) is 0 Å². The number of carbonyl (C=O) groups excluding carboxylic acids is 3. The molecule has 25 atom stereocenters. The van der Waals surface area contributed by atoms with Gasteiger partial charge in [-0.05, 0) is 84.9 Å². The molecule has 1 aliphatic carbocycles. The molecule has 2 aromatic carbocycles. The molecule has 5 saturated heterocycles. The number of esters is 1. The highest BCUT2D eigenvalue weighted by atomic mass is 16.7. The molecule has 2 aromatic rings. The molecular weight excluding hydrogens is 1050 g/mol. The molecule has 6 aliphatic rings. The fourth-order valence-electron chi connectivity index (χ4n) is 11.7. The van der Waals surface area contributed by atoms with Gasteiger partial charge >= 0.3 is 5.97 Å². The first-order valence-corrected chi connectivity index (χ1v) is 26.9. The molecule has 8 rings (SSSR count). The molecule has 0 amide bonds. The average Bonchev–Trinajstić information content (AvgIpc) is 3.57. The van der Waals surface area contributed by atoms with Gasteiger partial charge in [0.15, 0.2) is 42.8 Å². The summed E-state index contributed by atoms with van der Waals surface area (Å²) in [6.45, 7) is 13.3.